The van der Waals surface area contributed by atoms with Crippen molar-refractivity contribution in [1.82, 2.24) is 20.8 Å². The Balaban J connectivity index is 1.39. The van der Waals surface area contributed by atoms with Crippen LogP contribution in [0.5, 0.6) is 0 Å². The van der Waals surface area contributed by atoms with Crippen LogP contribution in [0.1, 0.15) is 39.2 Å². The summed E-state index contributed by atoms with van der Waals surface area (Å²) in [5.41, 5.74) is 2.97. The molecule has 2 bridgehead atoms. The summed E-state index contributed by atoms with van der Waals surface area (Å²) in [5.74, 6) is 0. The zero-order chi connectivity index (χ0) is 22.4. The molecule has 1 aromatic carbocycles. The minimum atomic E-state index is -1.06. The summed E-state index contributed by atoms with van der Waals surface area (Å²) in [6.07, 6.45) is -0.246. The number of aliphatic hydroxyl groups excluding tert-OH is 1. The number of benzene rings is 1. The number of aliphatic hydroxyl groups is 1. The first-order valence-corrected chi connectivity index (χ1v) is 10.5. The Hall–Kier alpha value is -2.40. The maximum absolute atomic E-state index is 12.8. The molecule has 3 atom stereocenters. The van der Waals surface area contributed by atoms with Crippen LogP contribution in [0.2, 0.25) is 0 Å². The highest BCUT2D eigenvalue weighted by molar-refractivity contribution is 5.77. The van der Waals surface area contributed by atoms with Crippen LogP contribution < -0.4 is 10.8 Å². The van der Waals surface area contributed by atoms with E-state index in [0.717, 1.165) is 12.0 Å². The summed E-state index contributed by atoms with van der Waals surface area (Å²) >= 11 is 0. The van der Waals surface area contributed by atoms with Gasteiger partial charge in [0.15, 0.2) is 0 Å². The van der Waals surface area contributed by atoms with Crippen LogP contribution in [0.3, 0.4) is 0 Å². The van der Waals surface area contributed by atoms with Gasteiger partial charge in [-0.05, 0) is 39.2 Å². The van der Waals surface area contributed by atoms with Crippen LogP contribution in [0.25, 0.3) is 0 Å². The third-order valence-electron chi connectivity index (χ3n) is 5.02. The molecule has 1 unspecified atom stereocenters. The number of alkyl carbamates (subject to hydrolysis) is 1. The smallest absolute Gasteiger partial charge is 0.407 e. The molecule has 0 spiro atoms. The first-order chi connectivity index (χ1) is 14.7. The number of urea groups is 1. The number of nitrogens with zero attached hydrogens (tertiary/aromatic N) is 2. The summed E-state index contributed by atoms with van der Waals surface area (Å²) in [7, 11) is 0. The van der Waals surface area contributed by atoms with E-state index in [1.165, 1.54) is 5.06 Å². The number of nitrogens with one attached hydrogen (secondary N) is 2. The summed E-state index contributed by atoms with van der Waals surface area (Å²) < 4.78 is 5.13. The molecule has 2 aliphatic rings. The van der Waals surface area contributed by atoms with Crippen LogP contribution in [-0.2, 0) is 21.0 Å². The molecule has 3 amide bonds. The first-order valence-electron chi connectivity index (χ1n) is 10.5. The Bertz CT molecular complexity index is 741. The number of carbonyl (C=O) groups is 2. The molecule has 1 aromatic rings. The molecule has 3 rings (SSSR count). The SMILES string of the molecule is CC(C)(C)OC(=O)NCCONC(O)[C@@H]1CC[C@@H]2CN1C(=O)N2OCc1ccccc1. The van der Waals surface area contributed by atoms with Crippen molar-refractivity contribution in [3.63, 3.8) is 0 Å². The van der Waals surface area contributed by atoms with E-state index in [0.29, 0.717) is 19.6 Å². The van der Waals surface area contributed by atoms with Crippen molar-refractivity contribution in [1.29, 1.82) is 0 Å². The van der Waals surface area contributed by atoms with Crippen molar-refractivity contribution in [2.75, 3.05) is 19.7 Å². The summed E-state index contributed by atoms with van der Waals surface area (Å²) in [6, 6.07) is 8.96. The number of hydrogen-bond acceptors (Lipinski definition) is 7. The van der Waals surface area contributed by atoms with Crippen molar-refractivity contribution in [2.45, 2.75) is 64.1 Å². The molecule has 2 fully saturated rings. The Morgan fingerprint density at radius 1 is 1.26 bits per heavy atom. The second-order valence-electron chi connectivity index (χ2n) is 8.66. The molecule has 0 saturated carbocycles. The van der Waals surface area contributed by atoms with Gasteiger partial charge in [-0.1, -0.05) is 30.3 Å². The zero-order valence-electron chi connectivity index (χ0n) is 18.2. The lowest BCUT2D eigenvalue weighted by molar-refractivity contribution is -0.140. The van der Waals surface area contributed by atoms with Gasteiger partial charge >= 0.3 is 12.1 Å². The third-order valence-corrected chi connectivity index (χ3v) is 5.02. The monoisotopic (exact) mass is 436 g/mol. The van der Waals surface area contributed by atoms with Crippen LogP contribution >= 0.6 is 0 Å². The topological polar surface area (TPSA) is 113 Å². The van der Waals surface area contributed by atoms with E-state index < -0.39 is 24.0 Å². The maximum Gasteiger partial charge on any atom is 0.407 e. The van der Waals surface area contributed by atoms with Gasteiger partial charge in [0.05, 0.1) is 18.7 Å². The van der Waals surface area contributed by atoms with Gasteiger partial charge in [0.1, 0.15) is 18.4 Å². The molecule has 10 heteroatoms. The molecule has 2 saturated heterocycles. The molecule has 172 valence electrons. The average Bonchev–Trinajstić information content (AvgIpc) is 2.95. The lowest BCUT2D eigenvalue weighted by Crippen LogP contribution is -2.52. The van der Waals surface area contributed by atoms with E-state index in [1.807, 2.05) is 30.3 Å². The largest absolute Gasteiger partial charge is 0.444 e. The van der Waals surface area contributed by atoms with Gasteiger partial charge in [0, 0.05) is 13.1 Å². The third kappa shape index (κ3) is 6.54. The van der Waals surface area contributed by atoms with Crippen LogP contribution in [-0.4, -0.2) is 70.8 Å². The molecule has 0 aliphatic carbocycles. The number of hydroxylamine groups is 3. The Morgan fingerprint density at radius 2 is 2.00 bits per heavy atom. The fourth-order valence-electron chi connectivity index (χ4n) is 3.62. The van der Waals surface area contributed by atoms with Gasteiger partial charge < -0.3 is 20.1 Å². The lowest BCUT2D eigenvalue weighted by atomic mass is 10.00. The van der Waals surface area contributed by atoms with E-state index in [1.54, 1.807) is 25.7 Å². The van der Waals surface area contributed by atoms with Gasteiger partial charge in [0.25, 0.3) is 0 Å². The van der Waals surface area contributed by atoms with E-state index in [-0.39, 0.29) is 25.2 Å². The molecule has 2 heterocycles. The molecular formula is C21H32N4O6. The number of carbonyl (C=O) groups excluding carboxylic acids is 2. The second-order valence-corrected chi connectivity index (χ2v) is 8.66. The second kappa shape index (κ2) is 10.3. The van der Waals surface area contributed by atoms with Crippen molar-refractivity contribution in [3.8, 4) is 0 Å². The van der Waals surface area contributed by atoms with E-state index in [9.17, 15) is 14.7 Å². The number of fused-ring (bicyclic) bond motifs is 2. The molecule has 0 radical (unpaired) electrons. The highest BCUT2D eigenvalue weighted by Gasteiger charge is 2.47. The minimum absolute atomic E-state index is 0.0291. The summed E-state index contributed by atoms with van der Waals surface area (Å²) in [5, 5.41) is 14.5. The van der Waals surface area contributed by atoms with Crippen molar-refractivity contribution >= 4 is 12.1 Å². The number of rotatable bonds is 9. The highest BCUT2D eigenvalue weighted by Crippen LogP contribution is 2.31. The standard InChI is InChI=1S/C21H32N4O6/c1-21(2,3)31-19(27)22-11-12-29-23-18(26)17-10-9-16-13-24(17)20(28)25(16)30-14-15-7-5-4-6-8-15/h4-8,16-18,23,26H,9-14H2,1-3H3,(H,22,27)/t16-,17+,18?/m1/s1. The quantitative estimate of drug-likeness (QED) is 0.307. The highest BCUT2D eigenvalue weighted by atomic mass is 16.7. The van der Waals surface area contributed by atoms with Crippen LogP contribution in [0, 0.1) is 0 Å². The molecule has 3 N–H and O–H groups in total. The van der Waals surface area contributed by atoms with Crippen molar-refractivity contribution in [2.24, 2.45) is 0 Å². The molecule has 2 aliphatic heterocycles. The first kappa shape index (κ1) is 23.3. The normalized spacial score (nSPS) is 21.9. The number of hydrogen-bond donors (Lipinski definition) is 3. The van der Waals surface area contributed by atoms with E-state index in [4.69, 9.17) is 14.4 Å². The van der Waals surface area contributed by atoms with Crippen molar-refractivity contribution < 1.29 is 29.1 Å². The van der Waals surface area contributed by atoms with Gasteiger partial charge in [-0.3, -0.25) is 9.68 Å². The minimum Gasteiger partial charge on any atom is -0.444 e. The maximum atomic E-state index is 12.8. The van der Waals surface area contributed by atoms with Gasteiger partial charge in [-0.2, -0.15) is 10.5 Å². The summed E-state index contributed by atoms with van der Waals surface area (Å²) in [4.78, 5) is 37.0. The number of piperidine rings is 1. The molecule has 10 nitrogen and oxygen atoms in total. The predicted molar refractivity (Wildman–Crippen MR) is 111 cm³/mol. The zero-order valence-corrected chi connectivity index (χ0v) is 18.2. The Morgan fingerprint density at radius 3 is 2.71 bits per heavy atom. The summed E-state index contributed by atoms with van der Waals surface area (Å²) in [6.45, 7) is 6.50. The predicted octanol–water partition coefficient (Wildman–Crippen LogP) is 1.75. The average molecular weight is 437 g/mol. The van der Waals surface area contributed by atoms with Gasteiger partial charge in [-0.25, -0.2) is 9.59 Å². The fraction of sp³-hybridized carbons (Fsp3) is 0.619. The van der Waals surface area contributed by atoms with Crippen molar-refractivity contribution in [3.05, 3.63) is 35.9 Å². The van der Waals surface area contributed by atoms with Gasteiger partial charge in [0.2, 0.25) is 0 Å². The lowest BCUT2D eigenvalue weighted by Gasteiger charge is -2.33. The number of ether oxygens (including phenoxy) is 1. The van der Waals surface area contributed by atoms with Crippen LogP contribution in [0.4, 0.5) is 9.59 Å². The Kier molecular flexibility index (Phi) is 7.71. The molecule has 0 aromatic heterocycles. The molecular weight excluding hydrogens is 404 g/mol. The van der Waals surface area contributed by atoms with Crippen LogP contribution in [0.15, 0.2) is 30.3 Å². The molecule has 31 heavy (non-hydrogen) atoms. The fourth-order valence-corrected chi connectivity index (χ4v) is 3.62. The van der Waals surface area contributed by atoms with E-state index in [2.05, 4.69) is 10.8 Å². The Labute approximate surface area is 182 Å². The number of amides is 3. The van der Waals surface area contributed by atoms with Gasteiger partial charge in [-0.15, -0.1) is 0 Å². The van der Waals surface area contributed by atoms with E-state index >= 15 is 0 Å².